The van der Waals surface area contributed by atoms with Gasteiger partial charge in [0.2, 0.25) is 5.91 Å². The minimum atomic E-state index is -0.702. The van der Waals surface area contributed by atoms with Crippen LogP contribution in [0.15, 0.2) is 54.8 Å². The van der Waals surface area contributed by atoms with Gasteiger partial charge in [-0.05, 0) is 49.2 Å². The van der Waals surface area contributed by atoms with Crippen molar-refractivity contribution in [1.82, 2.24) is 10.2 Å². The van der Waals surface area contributed by atoms with Gasteiger partial charge in [0, 0.05) is 5.56 Å². The first-order valence-electron chi connectivity index (χ1n) is 11.2. The Kier molecular flexibility index (Phi) is 8.73. The van der Waals surface area contributed by atoms with Gasteiger partial charge in [-0.2, -0.15) is 0 Å². The first-order chi connectivity index (χ1) is 17.4. The van der Waals surface area contributed by atoms with E-state index in [1.54, 1.807) is 42.5 Å². The van der Waals surface area contributed by atoms with Crippen LogP contribution in [-0.4, -0.2) is 49.6 Å². The molecule has 0 saturated carbocycles. The lowest BCUT2D eigenvalue weighted by molar-refractivity contribution is -0.127. The largest absolute Gasteiger partial charge is 0.495 e. The lowest BCUT2D eigenvalue weighted by atomic mass is 10.0. The Bertz CT molecular complexity index is 1240. The summed E-state index contributed by atoms with van der Waals surface area (Å²) in [4.78, 5) is 38.8. The molecule has 1 fully saturated rings. The molecule has 2 aromatic carbocycles. The molecule has 0 unspecified atom stereocenters. The molecular weight excluding hydrogens is 462 g/mol. The van der Waals surface area contributed by atoms with Crippen LogP contribution in [0.1, 0.15) is 18.1 Å². The summed E-state index contributed by atoms with van der Waals surface area (Å²) >= 11 is 0. The summed E-state index contributed by atoms with van der Waals surface area (Å²) in [6.07, 6.45) is 9.01. The molecule has 0 radical (unpaired) electrons. The highest BCUT2D eigenvalue weighted by Crippen LogP contribution is 2.35. The third kappa shape index (κ3) is 6.04. The number of methoxy groups -OCH3 is 1. The first-order valence-corrected chi connectivity index (χ1v) is 11.2. The minimum Gasteiger partial charge on any atom is -0.495 e. The summed E-state index contributed by atoms with van der Waals surface area (Å²) in [6, 6.07) is 9.60. The Morgan fingerprint density at radius 2 is 2.00 bits per heavy atom. The number of nitrogens with zero attached hydrogens (tertiary/aromatic N) is 1. The highest BCUT2D eigenvalue weighted by atomic mass is 16.5. The van der Waals surface area contributed by atoms with Crippen LogP contribution < -0.4 is 24.8 Å². The number of carbonyl (C=O) groups excluding carboxylic acids is 3. The van der Waals surface area contributed by atoms with E-state index in [9.17, 15) is 14.4 Å². The Balaban J connectivity index is 1.83. The number of anilines is 1. The minimum absolute atomic E-state index is 0.0226. The Labute approximate surface area is 209 Å². The van der Waals surface area contributed by atoms with Crippen molar-refractivity contribution in [2.75, 3.05) is 32.2 Å². The standard InChI is InChI=1S/C27H27N3O6/c1-5-10-19-14-18(16-23(35-7-3)25(19)36-13-6-2)15-21-26(32)30(27(33)29-21)17-24(31)28-20-11-8-9-12-22(20)34-4/h2,5,8-9,11-12,14-16H,1,7,10,13,17H2,3-4H3,(H,28,31)(H,29,33)/b21-15+. The van der Waals surface area contributed by atoms with Gasteiger partial charge >= 0.3 is 6.03 Å². The van der Waals surface area contributed by atoms with Crippen molar-refractivity contribution in [3.8, 4) is 29.6 Å². The predicted octanol–water partition coefficient (Wildman–Crippen LogP) is 3.37. The second kappa shape index (κ2) is 12.1. The number of benzene rings is 2. The highest BCUT2D eigenvalue weighted by molar-refractivity contribution is 6.16. The summed E-state index contributed by atoms with van der Waals surface area (Å²) < 4.78 is 16.6. The van der Waals surface area contributed by atoms with Gasteiger partial charge in [-0.3, -0.25) is 9.59 Å². The SMILES string of the molecule is C#CCOc1c(CC=C)cc(/C=C2/NC(=O)N(CC(=O)Nc3ccccc3OC)C2=O)cc1OCC. The van der Waals surface area contributed by atoms with E-state index in [1.165, 1.54) is 13.2 Å². The quantitative estimate of drug-likeness (QED) is 0.217. The zero-order valence-corrected chi connectivity index (χ0v) is 20.1. The normalized spacial score (nSPS) is 13.7. The fourth-order valence-corrected chi connectivity index (χ4v) is 3.58. The van der Waals surface area contributed by atoms with Crippen molar-refractivity contribution < 1.29 is 28.6 Å². The van der Waals surface area contributed by atoms with Crippen LogP contribution in [0.2, 0.25) is 0 Å². The van der Waals surface area contributed by atoms with Gasteiger partial charge in [0.1, 0.15) is 24.6 Å². The molecule has 0 spiro atoms. The predicted molar refractivity (Wildman–Crippen MR) is 136 cm³/mol. The first kappa shape index (κ1) is 25.9. The van der Waals surface area contributed by atoms with Crippen LogP contribution in [0.5, 0.6) is 17.2 Å². The average Bonchev–Trinajstić information content (AvgIpc) is 3.11. The Hall–Kier alpha value is -4.71. The molecule has 186 valence electrons. The lowest BCUT2D eigenvalue weighted by Crippen LogP contribution is -2.38. The van der Waals surface area contributed by atoms with E-state index in [1.807, 2.05) is 6.92 Å². The van der Waals surface area contributed by atoms with Crippen LogP contribution in [0.4, 0.5) is 10.5 Å². The van der Waals surface area contributed by atoms with Gasteiger partial charge in [-0.25, -0.2) is 9.69 Å². The van der Waals surface area contributed by atoms with Crippen LogP contribution in [-0.2, 0) is 16.0 Å². The molecule has 2 aromatic rings. The number of allylic oxidation sites excluding steroid dienone is 1. The molecule has 0 aliphatic carbocycles. The van der Waals surface area contributed by atoms with Crippen LogP contribution in [0, 0.1) is 12.3 Å². The van der Waals surface area contributed by atoms with E-state index < -0.39 is 24.4 Å². The molecule has 1 heterocycles. The molecule has 36 heavy (non-hydrogen) atoms. The monoisotopic (exact) mass is 489 g/mol. The summed E-state index contributed by atoms with van der Waals surface area (Å²) in [5.41, 5.74) is 1.79. The molecule has 2 N–H and O–H groups in total. The van der Waals surface area contributed by atoms with E-state index in [-0.39, 0.29) is 12.3 Å². The second-order valence-electron chi connectivity index (χ2n) is 7.55. The van der Waals surface area contributed by atoms with Gasteiger partial charge in [-0.1, -0.05) is 24.1 Å². The zero-order chi connectivity index (χ0) is 26.1. The lowest BCUT2D eigenvalue weighted by Gasteiger charge is -2.15. The molecule has 0 aromatic heterocycles. The topological polar surface area (TPSA) is 106 Å². The number of imide groups is 1. The number of nitrogens with one attached hydrogen (secondary N) is 2. The maximum Gasteiger partial charge on any atom is 0.329 e. The molecule has 1 aliphatic heterocycles. The number of hydrogen-bond donors (Lipinski definition) is 2. The summed E-state index contributed by atoms with van der Waals surface area (Å²) in [7, 11) is 1.48. The summed E-state index contributed by atoms with van der Waals surface area (Å²) in [5, 5.41) is 5.17. The highest BCUT2D eigenvalue weighted by Gasteiger charge is 2.35. The van der Waals surface area contributed by atoms with Crippen molar-refractivity contribution in [3.05, 3.63) is 65.9 Å². The maximum atomic E-state index is 12.9. The number of para-hydroxylation sites is 2. The Morgan fingerprint density at radius 3 is 2.69 bits per heavy atom. The van der Waals surface area contributed by atoms with E-state index in [2.05, 4.69) is 23.1 Å². The van der Waals surface area contributed by atoms with E-state index in [4.69, 9.17) is 20.6 Å². The third-order valence-electron chi connectivity index (χ3n) is 5.07. The number of amides is 4. The molecule has 1 saturated heterocycles. The van der Waals surface area contributed by atoms with Gasteiger partial charge < -0.3 is 24.8 Å². The van der Waals surface area contributed by atoms with Crippen LogP contribution >= 0.6 is 0 Å². The fourth-order valence-electron chi connectivity index (χ4n) is 3.58. The van der Waals surface area contributed by atoms with Crippen LogP contribution in [0.3, 0.4) is 0 Å². The van der Waals surface area contributed by atoms with E-state index in [0.717, 1.165) is 10.5 Å². The Morgan fingerprint density at radius 1 is 1.22 bits per heavy atom. The second-order valence-corrected chi connectivity index (χ2v) is 7.55. The number of terminal acetylenes is 1. The molecular formula is C27H27N3O6. The maximum absolute atomic E-state index is 12.9. The van der Waals surface area contributed by atoms with Crippen molar-refractivity contribution in [3.63, 3.8) is 0 Å². The number of carbonyl (C=O) groups is 3. The molecule has 1 aliphatic rings. The smallest absolute Gasteiger partial charge is 0.329 e. The molecule has 4 amide bonds. The van der Waals surface area contributed by atoms with Crippen molar-refractivity contribution in [2.24, 2.45) is 0 Å². The number of urea groups is 1. The molecule has 9 heteroatoms. The number of hydrogen-bond acceptors (Lipinski definition) is 6. The summed E-state index contributed by atoms with van der Waals surface area (Å²) in [5.74, 6) is 2.64. The van der Waals surface area contributed by atoms with Crippen molar-refractivity contribution in [1.29, 1.82) is 0 Å². The van der Waals surface area contributed by atoms with Crippen LogP contribution in [0.25, 0.3) is 6.08 Å². The molecule has 3 rings (SSSR count). The van der Waals surface area contributed by atoms with E-state index in [0.29, 0.717) is 41.5 Å². The number of ether oxygens (including phenoxy) is 3. The van der Waals surface area contributed by atoms with Crippen molar-refractivity contribution >= 4 is 29.6 Å². The van der Waals surface area contributed by atoms with Gasteiger partial charge in [0.15, 0.2) is 11.5 Å². The molecule has 0 bridgehead atoms. The third-order valence-corrected chi connectivity index (χ3v) is 5.07. The average molecular weight is 490 g/mol. The van der Waals surface area contributed by atoms with Gasteiger partial charge in [-0.15, -0.1) is 13.0 Å². The van der Waals surface area contributed by atoms with E-state index >= 15 is 0 Å². The molecule has 0 atom stereocenters. The molecule has 9 nitrogen and oxygen atoms in total. The zero-order valence-electron chi connectivity index (χ0n) is 20.1. The van der Waals surface area contributed by atoms with Crippen molar-refractivity contribution in [2.45, 2.75) is 13.3 Å². The fraction of sp³-hybridized carbons (Fsp3) is 0.222. The summed E-state index contributed by atoms with van der Waals surface area (Å²) in [6.45, 7) is 5.57. The van der Waals surface area contributed by atoms with Gasteiger partial charge in [0.25, 0.3) is 5.91 Å². The number of rotatable bonds is 11. The van der Waals surface area contributed by atoms with Gasteiger partial charge in [0.05, 0.1) is 19.4 Å².